The second-order valence-electron chi connectivity index (χ2n) is 8.21. The van der Waals surface area contributed by atoms with Gasteiger partial charge in [0.15, 0.2) is 5.69 Å². The molecule has 2 aliphatic rings. The van der Waals surface area contributed by atoms with Crippen molar-refractivity contribution in [2.75, 3.05) is 25.9 Å². The molecule has 156 valence electrons. The number of amides is 1. The van der Waals surface area contributed by atoms with E-state index in [1.165, 1.54) is 6.26 Å². The number of piperidine rings is 1. The van der Waals surface area contributed by atoms with Gasteiger partial charge in [-0.2, -0.15) is 5.10 Å². The van der Waals surface area contributed by atoms with Crippen LogP contribution in [-0.2, 0) is 22.9 Å². The number of nitrogens with one attached hydrogen (secondary N) is 1. The molecule has 7 nitrogen and oxygen atoms in total. The first-order valence-electron chi connectivity index (χ1n) is 10.2. The molecule has 0 spiro atoms. The lowest BCUT2D eigenvalue weighted by Gasteiger charge is -2.32. The number of likely N-dealkylation sites (tertiary alicyclic amines) is 1. The summed E-state index contributed by atoms with van der Waals surface area (Å²) in [6.45, 7) is 3.69. The van der Waals surface area contributed by atoms with Gasteiger partial charge in [-0.1, -0.05) is 18.2 Å². The fourth-order valence-corrected chi connectivity index (χ4v) is 4.98. The summed E-state index contributed by atoms with van der Waals surface area (Å²) in [4.78, 5) is 15.2. The molecule has 1 N–H and O–H groups in total. The van der Waals surface area contributed by atoms with Crippen LogP contribution in [0.3, 0.4) is 0 Å². The molecule has 1 unspecified atom stereocenters. The molecule has 29 heavy (non-hydrogen) atoms. The maximum atomic E-state index is 13.3. The zero-order valence-corrected chi connectivity index (χ0v) is 17.8. The summed E-state index contributed by atoms with van der Waals surface area (Å²) in [6.07, 6.45) is 5.82. The number of fused-ring (bicyclic) bond motifs is 1. The van der Waals surface area contributed by atoms with Crippen LogP contribution in [-0.4, -0.2) is 54.9 Å². The van der Waals surface area contributed by atoms with Crippen molar-refractivity contribution < 1.29 is 13.2 Å². The van der Waals surface area contributed by atoms with Gasteiger partial charge in [0.1, 0.15) is 0 Å². The third-order valence-corrected chi connectivity index (χ3v) is 6.61. The first kappa shape index (κ1) is 20.1. The first-order chi connectivity index (χ1) is 13.8. The standard InChI is InChI=1S/C21H28N4O3S/c1-15-7-3-4-10-18(15)25-19-11-5-9-17(19)20(23-25)21(26)24-12-6-8-16(14-24)13-22-29(2,27)28/h3-4,7,10,16,22H,5-6,8-9,11-14H2,1-2H3. The maximum Gasteiger partial charge on any atom is 0.274 e. The molecule has 8 heteroatoms. The molecule has 1 atom stereocenters. The molecular formula is C21H28N4O3S. The first-order valence-corrected chi connectivity index (χ1v) is 12.1. The van der Waals surface area contributed by atoms with Crippen LogP contribution in [0.1, 0.15) is 46.6 Å². The highest BCUT2D eigenvalue weighted by Crippen LogP contribution is 2.30. The van der Waals surface area contributed by atoms with Gasteiger partial charge < -0.3 is 4.90 Å². The van der Waals surface area contributed by atoms with E-state index < -0.39 is 10.0 Å². The molecule has 1 fully saturated rings. The van der Waals surface area contributed by atoms with E-state index in [2.05, 4.69) is 17.7 Å². The Kier molecular flexibility index (Phi) is 5.48. The maximum absolute atomic E-state index is 13.3. The number of hydrogen-bond acceptors (Lipinski definition) is 4. The third-order valence-electron chi connectivity index (χ3n) is 5.92. The largest absolute Gasteiger partial charge is 0.337 e. The molecule has 4 rings (SSSR count). The van der Waals surface area contributed by atoms with Crippen LogP contribution >= 0.6 is 0 Å². The number of hydrogen-bond donors (Lipinski definition) is 1. The van der Waals surface area contributed by atoms with Crippen molar-refractivity contribution >= 4 is 15.9 Å². The van der Waals surface area contributed by atoms with E-state index in [1.54, 1.807) is 0 Å². The zero-order chi connectivity index (χ0) is 20.6. The van der Waals surface area contributed by atoms with E-state index in [1.807, 2.05) is 27.8 Å². The van der Waals surface area contributed by atoms with Gasteiger partial charge in [-0.15, -0.1) is 0 Å². The fraction of sp³-hybridized carbons (Fsp3) is 0.524. The lowest BCUT2D eigenvalue weighted by molar-refractivity contribution is 0.0669. The summed E-state index contributed by atoms with van der Waals surface area (Å²) in [7, 11) is -3.22. The molecule has 2 aromatic rings. The predicted molar refractivity (Wildman–Crippen MR) is 112 cm³/mol. The average molecular weight is 417 g/mol. The molecule has 0 radical (unpaired) electrons. The predicted octanol–water partition coefficient (Wildman–Crippen LogP) is 2.07. The number of carbonyl (C=O) groups is 1. The fourth-order valence-electron chi connectivity index (χ4n) is 4.44. The van der Waals surface area contributed by atoms with Crippen LogP contribution in [0.25, 0.3) is 5.69 Å². The number of rotatable bonds is 5. The summed E-state index contributed by atoms with van der Waals surface area (Å²) in [5, 5.41) is 4.76. The van der Waals surface area contributed by atoms with Gasteiger partial charge >= 0.3 is 0 Å². The number of aryl methyl sites for hydroxylation is 1. The third kappa shape index (κ3) is 4.23. The van der Waals surface area contributed by atoms with Crippen LogP contribution in [0.15, 0.2) is 24.3 Å². The molecular weight excluding hydrogens is 388 g/mol. The van der Waals surface area contributed by atoms with Crippen molar-refractivity contribution in [3.8, 4) is 5.69 Å². The minimum absolute atomic E-state index is 0.0282. The number of para-hydroxylation sites is 1. The van der Waals surface area contributed by atoms with Gasteiger partial charge in [-0.25, -0.2) is 17.8 Å². The normalized spacial score (nSPS) is 19.4. The van der Waals surface area contributed by atoms with Crippen LogP contribution in [0, 0.1) is 12.8 Å². The van der Waals surface area contributed by atoms with Crippen LogP contribution < -0.4 is 4.72 Å². The summed E-state index contributed by atoms with van der Waals surface area (Å²) in [5.41, 5.74) is 4.95. The van der Waals surface area contributed by atoms with Gasteiger partial charge in [0.25, 0.3) is 5.91 Å². The molecule has 1 aromatic carbocycles. The zero-order valence-electron chi connectivity index (χ0n) is 17.0. The topological polar surface area (TPSA) is 84.3 Å². The number of nitrogens with zero attached hydrogens (tertiary/aromatic N) is 3. The van der Waals surface area contributed by atoms with E-state index in [9.17, 15) is 13.2 Å². The molecule has 0 saturated carbocycles. The molecule has 0 bridgehead atoms. The van der Waals surface area contributed by atoms with Crippen molar-refractivity contribution in [3.05, 3.63) is 46.8 Å². The molecule has 1 aromatic heterocycles. The van der Waals surface area contributed by atoms with Crippen LogP contribution in [0.2, 0.25) is 0 Å². The van der Waals surface area contributed by atoms with E-state index >= 15 is 0 Å². The van der Waals surface area contributed by atoms with Gasteiger partial charge in [0.2, 0.25) is 10.0 Å². The van der Waals surface area contributed by atoms with Crippen molar-refractivity contribution in [2.45, 2.75) is 39.0 Å². The van der Waals surface area contributed by atoms with E-state index in [0.717, 1.165) is 54.6 Å². The van der Waals surface area contributed by atoms with Gasteiger partial charge in [-0.3, -0.25) is 4.79 Å². The average Bonchev–Trinajstić information content (AvgIpc) is 3.29. The molecule has 1 aliphatic heterocycles. The van der Waals surface area contributed by atoms with Crippen LogP contribution in [0.4, 0.5) is 0 Å². The van der Waals surface area contributed by atoms with E-state index in [0.29, 0.717) is 25.3 Å². The summed E-state index contributed by atoms with van der Waals surface area (Å²) in [6, 6.07) is 8.11. The molecule has 1 amide bonds. The van der Waals surface area contributed by atoms with E-state index in [-0.39, 0.29) is 11.8 Å². The van der Waals surface area contributed by atoms with Crippen LogP contribution in [0.5, 0.6) is 0 Å². The second-order valence-corrected chi connectivity index (χ2v) is 10.0. The van der Waals surface area contributed by atoms with Crippen molar-refractivity contribution in [3.63, 3.8) is 0 Å². The number of aromatic nitrogens is 2. The minimum Gasteiger partial charge on any atom is -0.337 e. The Bertz CT molecular complexity index is 1030. The van der Waals surface area contributed by atoms with Crippen molar-refractivity contribution in [1.82, 2.24) is 19.4 Å². The lowest BCUT2D eigenvalue weighted by Crippen LogP contribution is -2.44. The molecule has 1 aliphatic carbocycles. The Balaban J connectivity index is 1.58. The quantitative estimate of drug-likeness (QED) is 0.809. The van der Waals surface area contributed by atoms with Gasteiger partial charge in [0.05, 0.1) is 11.9 Å². The second kappa shape index (κ2) is 7.91. The Morgan fingerprint density at radius 1 is 1.24 bits per heavy atom. The number of benzene rings is 1. The highest BCUT2D eigenvalue weighted by atomic mass is 32.2. The Labute approximate surface area is 172 Å². The Hall–Kier alpha value is -2.19. The Morgan fingerprint density at radius 2 is 2.03 bits per heavy atom. The smallest absolute Gasteiger partial charge is 0.274 e. The van der Waals surface area contributed by atoms with Gasteiger partial charge in [-0.05, 0) is 56.6 Å². The minimum atomic E-state index is -3.22. The summed E-state index contributed by atoms with van der Waals surface area (Å²) < 4.78 is 27.3. The van der Waals surface area contributed by atoms with E-state index in [4.69, 9.17) is 5.10 Å². The lowest BCUT2D eigenvalue weighted by atomic mass is 9.98. The van der Waals surface area contributed by atoms with Crippen molar-refractivity contribution in [2.24, 2.45) is 5.92 Å². The summed E-state index contributed by atoms with van der Waals surface area (Å²) in [5.74, 6) is 0.105. The molecule has 2 heterocycles. The Morgan fingerprint density at radius 3 is 2.79 bits per heavy atom. The monoisotopic (exact) mass is 416 g/mol. The van der Waals surface area contributed by atoms with Crippen molar-refractivity contribution in [1.29, 1.82) is 0 Å². The molecule has 1 saturated heterocycles. The number of sulfonamides is 1. The highest BCUT2D eigenvalue weighted by Gasteiger charge is 2.32. The highest BCUT2D eigenvalue weighted by molar-refractivity contribution is 7.88. The SMILES string of the molecule is Cc1ccccc1-n1nc(C(=O)N2CCCC(CNS(C)(=O)=O)C2)c2c1CCC2. The van der Waals surface area contributed by atoms with Gasteiger partial charge in [0, 0.05) is 30.9 Å². The number of carbonyl (C=O) groups excluding carboxylic acids is 1. The summed E-state index contributed by atoms with van der Waals surface area (Å²) >= 11 is 0.